The van der Waals surface area contributed by atoms with E-state index in [0.29, 0.717) is 0 Å². The summed E-state index contributed by atoms with van der Waals surface area (Å²) in [6.45, 7) is 5.89. The summed E-state index contributed by atoms with van der Waals surface area (Å²) in [5.41, 5.74) is 3.84. The van der Waals surface area contributed by atoms with E-state index < -0.39 is 0 Å². The van der Waals surface area contributed by atoms with Gasteiger partial charge >= 0.3 is 0 Å². The van der Waals surface area contributed by atoms with Crippen molar-refractivity contribution in [2.75, 3.05) is 6.54 Å². The van der Waals surface area contributed by atoms with Crippen LogP contribution in [0.2, 0.25) is 0 Å². The number of rotatable bonds is 5. The van der Waals surface area contributed by atoms with Gasteiger partial charge in [-0.05, 0) is 52.5 Å². The van der Waals surface area contributed by atoms with Gasteiger partial charge in [-0.1, -0.05) is 16.8 Å². The first kappa shape index (κ1) is 12.4. The first-order valence-corrected chi connectivity index (χ1v) is 6.57. The quantitative estimate of drug-likeness (QED) is 0.627. The minimum atomic E-state index is 0.869. The van der Waals surface area contributed by atoms with E-state index in [1.165, 1.54) is 37.7 Å². The van der Waals surface area contributed by atoms with Crippen molar-refractivity contribution in [1.29, 1.82) is 0 Å². The fraction of sp³-hybridized carbons (Fsp3) is 0.643. The predicted octanol–water partition coefficient (Wildman–Crippen LogP) is 3.27. The van der Waals surface area contributed by atoms with Crippen LogP contribution in [0.15, 0.2) is 16.2 Å². The number of aromatic nitrogens is 1. The Morgan fingerprint density at radius 2 is 2.24 bits per heavy atom. The van der Waals surface area contributed by atoms with Crippen LogP contribution in [0.1, 0.15) is 49.1 Å². The van der Waals surface area contributed by atoms with Gasteiger partial charge in [0.1, 0.15) is 5.76 Å². The first-order chi connectivity index (χ1) is 8.27. The van der Waals surface area contributed by atoms with Crippen LogP contribution >= 0.6 is 0 Å². The molecule has 0 spiro atoms. The van der Waals surface area contributed by atoms with Gasteiger partial charge in [-0.25, -0.2) is 0 Å². The zero-order valence-corrected chi connectivity index (χ0v) is 10.9. The Morgan fingerprint density at radius 1 is 1.35 bits per heavy atom. The summed E-state index contributed by atoms with van der Waals surface area (Å²) in [7, 11) is 0. The fourth-order valence-corrected chi connectivity index (χ4v) is 2.35. The van der Waals surface area contributed by atoms with E-state index in [9.17, 15) is 0 Å². The summed E-state index contributed by atoms with van der Waals surface area (Å²) in [5, 5.41) is 7.43. The lowest BCUT2D eigenvalue weighted by Crippen LogP contribution is -2.16. The molecule has 0 fully saturated rings. The molecule has 0 aliphatic heterocycles. The summed E-state index contributed by atoms with van der Waals surface area (Å²) in [6, 6.07) is 0. The standard InChI is InChI=1S/C14H22N2O/c1-11-14(12(2)17-16-11)10-15-9-8-13-6-4-3-5-7-13/h6,15H,3-5,7-10H2,1-2H3. The fourth-order valence-electron chi connectivity index (χ4n) is 2.35. The molecule has 3 nitrogen and oxygen atoms in total. The lowest BCUT2D eigenvalue weighted by Gasteiger charge is -2.12. The molecule has 1 aliphatic carbocycles. The Morgan fingerprint density at radius 3 is 2.88 bits per heavy atom. The van der Waals surface area contributed by atoms with Crippen molar-refractivity contribution >= 4 is 0 Å². The van der Waals surface area contributed by atoms with Crippen molar-refractivity contribution in [3.8, 4) is 0 Å². The van der Waals surface area contributed by atoms with Gasteiger partial charge < -0.3 is 9.84 Å². The SMILES string of the molecule is Cc1noc(C)c1CNCCC1=CCCCC1. The molecule has 17 heavy (non-hydrogen) atoms. The number of nitrogens with zero attached hydrogens (tertiary/aromatic N) is 1. The maximum atomic E-state index is 5.14. The molecule has 1 aromatic heterocycles. The first-order valence-electron chi connectivity index (χ1n) is 6.57. The van der Waals surface area contributed by atoms with E-state index in [2.05, 4.69) is 16.5 Å². The van der Waals surface area contributed by atoms with E-state index in [0.717, 1.165) is 24.5 Å². The third kappa shape index (κ3) is 3.43. The highest BCUT2D eigenvalue weighted by Crippen LogP contribution is 2.19. The molecule has 0 radical (unpaired) electrons. The molecule has 2 rings (SSSR count). The summed E-state index contributed by atoms with van der Waals surface area (Å²) >= 11 is 0. The molecule has 94 valence electrons. The van der Waals surface area contributed by atoms with Crippen LogP contribution in [0.3, 0.4) is 0 Å². The second-order valence-electron chi connectivity index (χ2n) is 4.84. The predicted molar refractivity (Wildman–Crippen MR) is 68.9 cm³/mol. The smallest absolute Gasteiger partial charge is 0.138 e. The third-order valence-electron chi connectivity index (χ3n) is 3.49. The Balaban J connectivity index is 1.71. The van der Waals surface area contributed by atoms with Crippen molar-refractivity contribution in [2.24, 2.45) is 0 Å². The largest absolute Gasteiger partial charge is 0.361 e. The van der Waals surface area contributed by atoms with E-state index in [1.807, 2.05) is 13.8 Å². The highest BCUT2D eigenvalue weighted by molar-refractivity contribution is 5.20. The van der Waals surface area contributed by atoms with Gasteiger partial charge in [-0.15, -0.1) is 0 Å². The second-order valence-corrected chi connectivity index (χ2v) is 4.84. The third-order valence-corrected chi connectivity index (χ3v) is 3.49. The van der Waals surface area contributed by atoms with Crippen LogP contribution in [0.25, 0.3) is 0 Å². The van der Waals surface area contributed by atoms with Gasteiger partial charge in [0.15, 0.2) is 0 Å². The molecule has 0 saturated carbocycles. The van der Waals surface area contributed by atoms with Gasteiger partial charge in [-0.2, -0.15) is 0 Å². The van der Waals surface area contributed by atoms with Crippen LogP contribution in [0.4, 0.5) is 0 Å². The van der Waals surface area contributed by atoms with E-state index in [1.54, 1.807) is 5.57 Å². The van der Waals surface area contributed by atoms with Crippen LogP contribution in [-0.2, 0) is 6.54 Å². The Bertz CT molecular complexity index is 373. The molecular weight excluding hydrogens is 212 g/mol. The average Bonchev–Trinajstić information content (AvgIpc) is 2.67. The van der Waals surface area contributed by atoms with Crippen molar-refractivity contribution in [2.45, 2.75) is 52.5 Å². The van der Waals surface area contributed by atoms with Crippen LogP contribution in [0.5, 0.6) is 0 Å². The maximum absolute atomic E-state index is 5.14. The highest BCUT2D eigenvalue weighted by atomic mass is 16.5. The number of nitrogens with one attached hydrogen (secondary N) is 1. The molecule has 0 amide bonds. The average molecular weight is 234 g/mol. The van der Waals surface area contributed by atoms with Gasteiger partial charge in [0.2, 0.25) is 0 Å². The number of aryl methyl sites for hydroxylation is 2. The minimum absolute atomic E-state index is 0.869. The zero-order chi connectivity index (χ0) is 12.1. The van der Waals surface area contributed by atoms with Gasteiger partial charge in [-0.3, -0.25) is 0 Å². The minimum Gasteiger partial charge on any atom is -0.361 e. The summed E-state index contributed by atoms with van der Waals surface area (Å²) in [6.07, 6.45) is 8.92. The monoisotopic (exact) mass is 234 g/mol. The Hall–Kier alpha value is -1.09. The van der Waals surface area contributed by atoms with Crippen molar-refractivity contribution in [3.05, 3.63) is 28.7 Å². The summed E-state index contributed by atoms with van der Waals surface area (Å²) in [4.78, 5) is 0. The van der Waals surface area contributed by atoms with Crippen LogP contribution in [-0.4, -0.2) is 11.7 Å². The molecule has 0 aromatic carbocycles. The molecule has 0 saturated heterocycles. The van der Waals surface area contributed by atoms with Crippen LogP contribution < -0.4 is 5.32 Å². The number of hydrogen-bond donors (Lipinski definition) is 1. The van der Waals surface area contributed by atoms with E-state index in [4.69, 9.17) is 4.52 Å². The summed E-state index contributed by atoms with van der Waals surface area (Å²) < 4.78 is 5.14. The number of hydrogen-bond acceptors (Lipinski definition) is 3. The molecule has 0 unspecified atom stereocenters. The molecule has 1 heterocycles. The van der Waals surface area contributed by atoms with E-state index >= 15 is 0 Å². The van der Waals surface area contributed by atoms with Crippen molar-refractivity contribution < 1.29 is 4.52 Å². The second kappa shape index (κ2) is 6.01. The molecule has 1 aromatic rings. The van der Waals surface area contributed by atoms with Crippen LogP contribution in [0, 0.1) is 13.8 Å². The Labute approximate surface area is 103 Å². The molecule has 1 aliphatic rings. The molecule has 1 N–H and O–H groups in total. The Kier molecular flexibility index (Phi) is 4.37. The lowest BCUT2D eigenvalue weighted by atomic mass is 9.97. The number of allylic oxidation sites excluding steroid dienone is 1. The molecule has 0 atom stereocenters. The van der Waals surface area contributed by atoms with Crippen molar-refractivity contribution in [3.63, 3.8) is 0 Å². The van der Waals surface area contributed by atoms with Gasteiger partial charge in [0, 0.05) is 12.1 Å². The normalized spacial score (nSPS) is 16.0. The molecule has 0 bridgehead atoms. The van der Waals surface area contributed by atoms with Gasteiger partial charge in [0.25, 0.3) is 0 Å². The van der Waals surface area contributed by atoms with Crippen molar-refractivity contribution in [1.82, 2.24) is 10.5 Å². The molecule has 3 heteroatoms. The maximum Gasteiger partial charge on any atom is 0.138 e. The van der Waals surface area contributed by atoms with Gasteiger partial charge in [0.05, 0.1) is 5.69 Å². The molecular formula is C14H22N2O. The summed E-state index contributed by atoms with van der Waals surface area (Å²) in [5.74, 6) is 0.937. The van der Waals surface area contributed by atoms with E-state index in [-0.39, 0.29) is 0 Å². The lowest BCUT2D eigenvalue weighted by molar-refractivity contribution is 0.392. The zero-order valence-electron chi connectivity index (χ0n) is 10.9. The topological polar surface area (TPSA) is 38.1 Å². The highest BCUT2D eigenvalue weighted by Gasteiger charge is 2.08.